The number of pyridine rings is 1. The van der Waals surface area contributed by atoms with Crippen molar-refractivity contribution in [1.29, 1.82) is 0 Å². The zero-order valence-electron chi connectivity index (χ0n) is 17.7. The zero-order valence-corrected chi connectivity index (χ0v) is 17.7. The Hall–Kier alpha value is -3.67. The molecule has 2 heterocycles. The van der Waals surface area contributed by atoms with E-state index in [1.165, 1.54) is 0 Å². The molecule has 6 nitrogen and oxygen atoms in total. The van der Waals surface area contributed by atoms with E-state index in [1.807, 2.05) is 62.4 Å². The zero-order chi connectivity index (χ0) is 21.8. The average molecular weight is 415 g/mol. The van der Waals surface area contributed by atoms with Gasteiger partial charge in [-0.1, -0.05) is 29.8 Å². The molecule has 1 N–H and O–H groups in total. The minimum Gasteiger partial charge on any atom is -0.494 e. The van der Waals surface area contributed by atoms with Gasteiger partial charge in [0.15, 0.2) is 0 Å². The fourth-order valence-electron chi connectivity index (χ4n) is 3.77. The van der Waals surface area contributed by atoms with Gasteiger partial charge < -0.3 is 10.1 Å². The van der Waals surface area contributed by atoms with Crippen molar-refractivity contribution in [2.45, 2.75) is 32.9 Å². The highest BCUT2D eigenvalue weighted by molar-refractivity contribution is 6.11. The number of carbonyl (C=O) groups excluding carboxylic acids is 2. The molecule has 2 amide bonds. The molecule has 0 saturated heterocycles. The second-order valence-corrected chi connectivity index (χ2v) is 7.52. The highest BCUT2D eigenvalue weighted by atomic mass is 16.5. The number of nitrogens with zero attached hydrogens (tertiary/aromatic N) is 2. The number of benzene rings is 2. The van der Waals surface area contributed by atoms with Crippen LogP contribution in [0.4, 0.5) is 5.69 Å². The molecular weight excluding hydrogens is 390 g/mol. The van der Waals surface area contributed by atoms with Crippen LogP contribution in [0.25, 0.3) is 0 Å². The maximum absolute atomic E-state index is 13.1. The number of nitrogens with one attached hydrogen (secondary N) is 1. The molecule has 2 aromatic carbocycles. The summed E-state index contributed by atoms with van der Waals surface area (Å²) < 4.78 is 5.45. The van der Waals surface area contributed by atoms with E-state index in [2.05, 4.69) is 10.3 Å². The maximum atomic E-state index is 13.1. The monoisotopic (exact) mass is 415 g/mol. The Labute approximate surface area is 181 Å². The molecule has 0 radical (unpaired) electrons. The average Bonchev–Trinajstić information content (AvgIpc) is 3.06. The number of hydrogen-bond acceptors (Lipinski definition) is 4. The summed E-state index contributed by atoms with van der Waals surface area (Å²) in [7, 11) is 0. The van der Waals surface area contributed by atoms with Gasteiger partial charge in [-0.25, -0.2) is 0 Å². The van der Waals surface area contributed by atoms with Gasteiger partial charge in [0.2, 0.25) is 5.91 Å². The number of aromatic nitrogens is 1. The lowest BCUT2D eigenvalue weighted by Gasteiger charge is -2.24. The Bertz CT molecular complexity index is 1080. The number of fused-ring (bicyclic) bond motifs is 1. The third kappa shape index (κ3) is 4.43. The maximum Gasteiger partial charge on any atom is 0.260 e. The number of hydrogen-bond donors (Lipinski definition) is 1. The van der Waals surface area contributed by atoms with Crippen molar-refractivity contribution in [2.24, 2.45) is 0 Å². The van der Waals surface area contributed by atoms with E-state index in [-0.39, 0.29) is 18.2 Å². The van der Waals surface area contributed by atoms with Gasteiger partial charge in [0.25, 0.3) is 5.91 Å². The number of rotatable bonds is 7. The van der Waals surface area contributed by atoms with Gasteiger partial charge in [-0.15, -0.1) is 0 Å². The molecule has 1 aromatic heterocycles. The number of anilines is 1. The lowest BCUT2D eigenvalue weighted by atomic mass is 10.1. The summed E-state index contributed by atoms with van der Waals surface area (Å²) in [5, 5.41) is 2.96. The smallest absolute Gasteiger partial charge is 0.260 e. The van der Waals surface area contributed by atoms with Crippen LogP contribution in [0, 0.1) is 6.92 Å². The molecular formula is C25H25N3O3. The van der Waals surface area contributed by atoms with Crippen molar-refractivity contribution in [2.75, 3.05) is 11.5 Å². The first-order valence-electron chi connectivity index (χ1n) is 10.4. The van der Waals surface area contributed by atoms with Crippen LogP contribution in [0.3, 0.4) is 0 Å². The summed E-state index contributed by atoms with van der Waals surface area (Å²) >= 11 is 0. The van der Waals surface area contributed by atoms with E-state index in [0.717, 1.165) is 22.6 Å². The molecule has 4 rings (SSSR count). The van der Waals surface area contributed by atoms with Crippen molar-refractivity contribution in [1.82, 2.24) is 10.3 Å². The van der Waals surface area contributed by atoms with Gasteiger partial charge in [-0.05, 0) is 55.8 Å². The molecule has 1 aliphatic heterocycles. The van der Waals surface area contributed by atoms with Crippen molar-refractivity contribution in [3.05, 3.63) is 89.2 Å². The molecule has 0 fully saturated rings. The van der Waals surface area contributed by atoms with Crippen LogP contribution in [0.2, 0.25) is 0 Å². The fraction of sp³-hybridized carbons (Fsp3) is 0.240. The fourth-order valence-corrected chi connectivity index (χ4v) is 3.77. The molecule has 6 heteroatoms. The third-order valence-electron chi connectivity index (χ3n) is 5.33. The van der Waals surface area contributed by atoms with Crippen LogP contribution in [-0.4, -0.2) is 23.4 Å². The molecule has 0 aliphatic carbocycles. The van der Waals surface area contributed by atoms with Gasteiger partial charge in [0.1, 0.15) is 5.75 Å². The van der Waals surface area contributed by atoms with Gasteiger partial charge in [0.05, 0.1) is 30.3 Å². The third-order valence-corrected chi connectivity index (χ3v) is 5.33. The summed E-state index contributed by atoms with van der Waals surface area (Å²) in [6.45, 7) is 4.96. The summed E-state index contributed by atoms with van der Waals surface area (Å²) in [4.78, 5) is 32.0. The topological polar surface area (TPSA) is 71.5 Å². The van der Waals surface area contributed by atoms with Crippen molar-refractivity contribution >= 4 is 17.5 Å². The molecule has 31 heavy (non-hydrogen) atoms. The molecule has 0 bridgehead atoms. The Balaban J connectivity index is 1.49. The van der Waals surface area contributed by atoms with Crippen LogP contribution in [0.1, 0.15) is 46.6 Å². The lowest BCUT2D eigenvalue weighted by molar-refractivity contribution is -0.121. The first kappa shape index (κ1) is 20.6. The van der Waals surface area contributed by atoms with Crippen LogP contribution in [-0.2, 0) is 11.3 Å². The molecule has 1 unspecified atom stereocenters. The lowest BCUT2D eigenvalue weighted by Crippen LogP contribution is -2.32. The summed E-state index contributed by atoms with van der Waals surface area (Å²) in [6.07, 6.45) is 1.80. The molecule has 3 aromatic rings. The normalized spacial score (nSPS) is 15.0. The number of ether oxygens (including phenoxy) is 1. The van der Waals surface area contributed by atoms with Crippen LogP contribution in [0.15, 0.2) is 66.9 Å². The van der Waals surface area contributed by atoms with Crippen molar-refractivity contribution in [3.8, 4) is 5.75 Å². The highest BCUT2D eigenvalue weighted by Crippen LogP contribution is 2.38. The molecule has 1 aliphatic rings. The van der Waals surface area contributed by atoms with Crippen LogP contribution >= 0.6 is 0 Å². The summed E-state index contributed by atoms with van der Waals surface area (Å²) in [5.41, 5.74) is 4.04. The second-order valence-electron chi connectivity index (χ2n) is 7.52. The van der Waals surface area contributed by atoms with Crippen molar-refractivity contribution < 1.29 is 14.3 Å². The Morgan fingerprint density at radius 2 is 1.84 bits per heavy atom. The van der Waals surface area contributed by atoms with Gasteiger partial charge in [-0.3, -0.25) is 19.5 Å². The first-order valence-corrected chi connectivity index (χ1v) is 10.4. The SMILES string of the molecule is CCOc1ccc(CNC(=O)CC2c3ncccc3C(=O)N2c2ccc(C)cc2)cc1. The number of aryl methyl sites for hydroxylation is 1. The largest absolute Gasteiger partial charge is 0.494 e. The molecule has 0 spiro atoms. The number of carbonyl (C=O) groups is 2. The molecule has 1 atom stereocenters. The molecule has 158 valence electrons. The van der Waals surface area contributed by atoms with E-state index in [9.17, 15) is 9.59 Å². The highest BCUT2D eigenvalue weighted by Gasteiger charge is 2.39. The van der Waals surface area contributed by atoms with E-state index in [0.29, 0.717) is 24.4 Å². The minimum absolute atomic E-state index is 0.128. The first-order chi connectivity index (χ1) is 15.1. The summed E-state index contributed by atoms with van der Waals surface area (Å²) in [5.74, 6) is 0.539. The number of amides is 2. The summed E-state index contributed by atoms with van der Waals surface area (Å²) in [6, 6.07) is 18.5. The Morgan fingerprint density at radius 3 is 2.55 bits per heavy atom. The van der Waals surface area contributed by atoms with E-state index in [4.69, 9.17) is 4.74 Å². The van der Waals surface area contributed by atoms with Crippen LogP contribution in [0.5, 0.6) is 5.75 Å². The Kier molecular flexibility index (Phi) is 5.98. The van der Waals surface area contributed by atoms with E-state index < -0.39 is 6.04 Å². The van der Waals surface area contributed by atoms with Gasteiger partial charge in [0, 0.05) is 18.4 Å². The van der Waals surface area contributed by atoms with E-state index >= 15 is 0 Å². The minimum atomic E-state index is -0.438. The van der Waals surface area contributed by atoms with E-state index in [1.54, 1.807) is 23.2 Å². The predicted octanol–water partition coefficient (Wildman–Crippen LogP) is 4.20. The Morgan fingerprint density at radius 1 is 1.10 bits per heavy atom. The van der Waals surface area contributed by atoms with Gasteiger partial charge >= 0.3 is 0 Å². The predicted molar refractivity (Wildman–Crippen MR) is 119 cm³/mol. The second kappa shape index (κ2) is 9.00. The quantitative estimate of drug-likeness (QED) is 0.628. The molecule has 0 saturated carbocycles. The standard InChI is InChI=1S/C25H25N3O3/c1-3-31-20-12-8-18(9-13-20)16-27-23(29)15-22-24-21(5-4-14-26-24)25(30)28(22)19-10-6-17(2)7-11-19/h4-14,22H,3,15-16H2,1-2H3,(H,27,29). The van der Waals surface area contributed by atoms with Crippen LogP contribution < -0.4 is 15.0 Å². The van der Waals surface area contributed by atoms with Gasteiger partial charge in [-0.2, -0.15) is 0 Å². The van der Waals surface area contributed by atoms with Crippen molar-refractivity contribution in [3.63, 3.8) is 0 Å².